The van der Waals surface area contributed by atoms with E-state index in [-0.39, 0.29) is 12.5 Å². The van der Waals surface area contributed by atoms with Gasteiger partial charge in [0.1, 0.15) is 5.60 Å². The number of carbonyl (C=O) groups excluding carboxylic acids is 1. The summed E-state index contributed by atoms with van der Waals surface area (Å²) in [6, 6.07) is 0. The fourth-order valence-corrected chi connectivity index (χ4v) is 2.95. The van der Waals surface area contributed by atoms with Crippen molar-refractivity contribution >= 4 is 11.9 Å². The van der Waals surface area contributed by atoms with Gasteiger partial charge in [-0.05, 0) is 45.4 Å². The molecular formula is C15H27NO4. The standard InChI is InChI=1S/C15H27NO4/c1-4-14(5-2,13(18)19)11-16-12(17)15(20-6-3)9-7-8-10-15/h4-11H2,1-3H3,(H,16,17)(H,18,19). The fourth-order valence-electron chi connectivity index (χ4n) is 2.95. The number of ether oxygens (including phenoxy) is 1. The largest absolute Gasteiger partial charge is 0.481 e. The molecule has 0 aromatic carbocycles. The normalized spacial score (nSPS) is 17.9. The number of hydrogen-bond donors (Lipinski definition) is 2. The van der Waals surface area contributed by atoms with E-state index in [0.717, 1.165) is 25.7 Å². The summed E-state index contributed by atoms with van der Waals surface area (Å²) >= 11 is 0. The van der Waals surface area contributed by atoms with Gasteiger partial charge in [0.05, 0.1) is 5.41 Å². The van der Waals surface area contributed by atoms with Crippen LogP contribution in [-0.2, 0) is 14.3 Å². The van der Waals surface area contributed by atoms with Gasteiger partial charge in [-0.2, -0.15) is 0 Å². The Labute approximate surface area is 121 Å². The second-order valence-electron chi connectivity index (χ2n) is 5.61. The van der Waals surface area contributed by atoms with E-state index in [1.165, 1.54) is 0 Å². The highest BCUT2D eigenvalue weighted by Gasteiger charge is 2.43. The van der Waals surface area contributed by atoms with Crippen molar-refractivity contribution in [2.24, 2.45) is 5.41 Å². The molecule has 116 valence electrons. The van der Waals surface area contributed by atoms with Crippen LogP contribution in [0, 0.1) is 5.41 Å². The molecular weight excluding hydrogens is 258 g/mol. The molecule has 0 atom stereocenters. The molecule has 0 spiro atoms. The van der Waals surface area contributed by atoms with Gasteiger partial charge < -0.3 is 15.2 Å². The number of hydrogen-bond acceptors (Lipinski definition) is 3. The smallest absolute Gasteiger partial charge is 0.311 e. The number of carboxylic acids is 1. The molecule has 20 heavy (non-hydrogen) atoms. The molecule has 1 aliphatic carbocycles. The second-order valence-corrected chi connectivity index (χ2v) is 5.61. The average Bonchev–Trinajstić information content (AvgIpc) is 2.90. The maximum Gasteiger partial charge on any atom is 0.311 e. The molecule has 5 heteroatoms. The number of rotatable bonds is 8. The Kier molecular flexibility index (Phi) is 5.99. The summed E-state index contributed by atoms with van der Waals surface area (Å²) in [7, 11) is 0. The summed E-state index contributed by atoms with van der Waals surface area (Å²) in [6.45, 7) is 6.24. The van der Waals surface area contributed by atoms with Crippen molar-refractivity contribution in [2.45, 2.75) is 64.9 Å². The SMILES string of the molecule is CCOC1(C(=O)NCC(CC)(CC)C(=O)O)CCCC1. The maximum absolute atomic E-state index is 12.4. The average molecular weight is 285 g/mol. The predicted octanol–water partition coefficient (Wildman–Crippen LogP) is 2.34. The van der Waals surface area contributed by atoms with Gasteiger partial charge in [-0.15, -0.1) is 0 Å². The lowest BCUT2D eigenvalue weighted by Gasteiger charge is -2.31. The monoisotopic (exact) mass is 285 g/mol. The number of carbonyl (C=O) groups is 2. The molecule has 0 bridgehead atoms. The Morgan fingerprint density at radius 3 is 2.15 bits per heavy atom. The molecule has 1 aliphatic rings. The van der Waals surface area contributed by atoms with Gasteiger partial charge in [0.2, 0.25) is 0 Å². The molecule has 1 saturated carbocycles. The van der Waals surface area contributed by atoms with Crippen LogP contribution in [-0.4, -0.2) is 35.7 Å². The summed E-state index contributed by atoms with van der Waals surface area (Å²) in [5.41, 5.74) is -1.61. The number of aliphatic carboxylic acids is 1. The summed E-state index contributed by atoms with van der Waals surface area (Å²) in [6.07, 6.45) is 4.43. The van der Waals surface area contributed by atoms with Gasteiger partial charge in [0.25, 0.3) is 5.91 Å². The van der Waals surface area contributed by atoms with E-state index in [1.807, 2.05) is 20.8 Å². The van der Waals surface area contributed by atoms with E-state index in [9.17, 15) is 14.7 Å². The predicted molar refractivity (Wildman–Crippen MR) is 76.5 cm³/mol. The van der Waals surface area contributed by atoms with Gasteiger partial charge in [-0.3, -0.25) is 9.59 Å². The van der Waals surface area contributed by atoms with Crippen LogP contribution in [0.25, 0.3) is 0 Å². The molecule has 0 aromatic heterocycles. The van der Waals surface area contributed by atoms with Crippen LogP contribution < -0.4 is 5.32 Å². The van der Waals surface area contributed by atoms with E-state index in [0.29, 0.717) is 19.4 Å². The first-order valence-corrected chi connectivity index (χ1v) is 7.62. The number of amides is 1. The van der Waals surface area contributed by atoms with Crippen molar-refractivity contribution in [3.8, 4) is 0 Å². The van der Waals surface area contributed by atoms with Gasteiger partial charge in [0.15, 0.2) is 0 Å². The van der Waals surface area contributed by atoms with Crippen molar-refractivity contribution < 1.29 is 19.4 Å². The molecule has 0 heterocycles. The molecule has 2 N–H and O–H groups in total. The lowest BCUT2D eigenvalue weighted by Crippen LogP contribution is -2.51. The molecule has 1 fully saturated rings. The highest BCUT2D eigenvalue weighted by atomic mass is 16.5. The first kappa shape index (κ1) is 17.0. The third kappa shape index (κ3) is 3.32. The molecule has 0 saturated heterocycles. The van der Waals surface area contributed by atoms with E-state index in [4.69, 9.17) is 4.74 Å². The van der Waals surface area contributed by atoms with E-state index >= 15 is 0 Å². The Morgan fingerprint density at radius 1 is 1.20 bits per heavy atom. The molecule has 5 nitrogen and oxygen atoms in total. The van der Waals surface area contributed by atoms with Crippen LogP contribution in [0.3, 0.4) is 0 Å². The van der Waals surface area contributed by atoms with Crippen molar-refractivity contribution in [3.05, 3.63) is 0 Å². The zero-order chi connectivity index (χ0) is 15.2. The van der Waals surface area contributed by atoms with Crippen molar-refractivity contribution in [1.82, 2.24) is 5.32 Å². The summed E-state index contributed by atoms with van der Waals surface area (Å²) in [5, 5.41) is 12.2. The minimum absolute atomic E-state index is 0.149. The quantitative estimate of drug-likeness (QED) is 0.717. The van der Waals surface area contributed by atoms with Crippen LogP contribution >= 0.6 is 0 Å². The van der Waals surface area contributed by atoms with E-state index in [2.05, 4.69) is 5.32 Å². The third-order valence-electron chi connectivity index (χ3n) is 4.64. The van der Waals surface area contributed by atoms with Crippen LogP contribution in [0.5, 0.6) is 0 Å². The van der Waals surface area contributed by atoms with Crippen molar-refractivity contribution in [2.75, 3.05) is 13.2 Å². The zero-order valence-electron chi connectivity index (χ0n) is 12.8. The summed E-state index contributed by atoms with van der Waals surface area (Å²) < 4.78 is 5.69. The molecule has 1 rings (SSSR count). The van der Waals surface area contributed by atoms with Crippen LogP contribution in [0.4, 0.5) is 0 Å². The first-order valence-electron chi connectivity index (χ1n) is 7.62. The lowest BCUT2D eigenvalue weighted by atomic mass is 9.82. The Bertz CT molecular complexity index is 344. The van der Waals surface area contributed by atoms with Crippen molar-refractivity contribution in [3.63, 3.8) is 0 Å². The molecule has 0 aliphatic heterocycles. The summed E-state index contributed by atoms with van der Waals surface area (Å²) in [5.74, 6) is -0.996. The number of carboxylic acid groups (broad SMARTS) is 1. The Hall–Kier alpha value is -1.10. The highest BCUT2D eigenvalue weighted by molar-refractivity contribution is 5.86. The Balaban J connectivity index is 2.71. The van der Waals surface area contributed by atoms with Crippen LogP contribution in [0.1, 0.15) is 59.3 Å². The highest BCUT2D eigenvalue weighted by Crippen LogP contribution is 2.34. The minimum atomic E-state index is -0.873. The molecule has 0 aromatic rings. The second kappa shape index (κ2) is 7.07. The Morgan fingerprint density at radius 2 is 1.75 bits per heavy atom. The van der Waals surface area contributed by atoms with Crippen molar-refractivity contribution in [1.29, 1.82) is 0 Å². The topological polar surface area (TPSA) is 75.6 Å². The van der Waals surface area contributed by atoms with Gasteiger partial charge in [-0.1, -0.05) is 13.8 Å². The van der Waals surface area contributed by atoms with E-state index in [1.54, 1.807) is 0 Å². The van der Waals surface area contributed by atoms with Crippen LogP contribution in [0.15, 0.2) is 0 Å². The molecule has 1 amide bonds. The van der Waals surface area contributed by atoms with Gasteiger partial charge >= 0.3 is 5.97 Å². The minimum Gasteiger partial charge on any atom is -0.481 e. The third-order valence-corrected chi connectivity index (χ3v) is 4.64. The molecule has 0 unspecified atom stereocenters. The van der Waals surface area contributed by atoms with Gasteiger partial charge in [0, 0.05) is 13.2 Å². The number of nitrogens with one attached hydrogen (secondary N) is 1. The van der Waals surface area contributed by atoms with E-state index < -0.39 is 17.0 Å². The fraction of sp³-hybridized carbons (Fsp3) is 0.867. The zero-order valence-corrected chi connectivity index (χ0v) is 12.8. The first-order chi connectivity index (χ1) is 9.46. The van der Waals surface area contributed by atoms with Crippen LogP contribution in [0.2, 0.25) is 0 Å². The van der Waals surface area contributed by atoms with Gasteiger partial charge in [-0.25, -0.2) is 0 Å². The lowest BCUT2D eigenvalue weighted by molar-refractivity contribution is -0.152. The summed E-state index contributed by atoms with van der Waals surface area (Å²) in [4.78, 5) is 23.9. The molecule has 0 radical (unpaired) electrons. The maximum atomic E-state index is 12.4.